The molecule has 0 aromatic heterocycles. The van der Waals surface area contributed by atoms with Crippen LogP contribution in [0.1, 0.15) is 75.8 Å². The fraction of sp³-hybridized carbons (Fsp3) is 0.138. The first kappa shape index (κ1) is 37.9. The molecule has 2 fully saturated rings. The summed E-state index contributed by atoms with van der Waals surface area (Å²) in [6.07, 6.45) is 7.89. The molecule has 0 radical (unpaired) electrons. The maximum absolute atomic E-state index is 2.70. The molecule has 3 atom stereocenters. The number of benzene rings is 9. The van der Waals surface area contributed by atoms with Crippen LogP contribution in [0.5, 0.6) is 0 Å². The van der Waals surface area contributed by atoms with Crippen LogP contribution in [0.2, 0.25) is 0 Å². The van der Waals surface area contributed by atoms with E-state index in [0.29, 0.717) is 5.92 Å². The molecule has 0 heterocycles. The van der Waals surface area contributed by atoms with Crippen molar-refractivity contribution in [3.8, 4) is 22.3 Å². The van der Waals surface area contributed by atoms with Gasteiger partial charge in [0.2, 0.25) is 0 Å². The van der Waals surface area contributed by atoms with Crippen LogP contribution in [-0.2, 0) is 16.2 Å². The molecule has 314 valence electrons. The Bertz CT molecular complexity index is 3120. The zero-order chi connectivity index (χ0) is 43.5. The summed E-state index contributed by atoms with van der Waals surface area (Å²) in [5.41, 5.74) is 21.3. The van der Waals surface area contributed by atoms with E-state index >= 15 is 0 Å². The summed E-state index contributed by atoms with van der Waals surface area (Å²) in [4.78, 5) is 2.58. The third-order valence-corrected chi connectivity index (χ3v) is 16.5. The Morgan fingerprint density at radius 2 is 0.773 bits per heavy atom. The molecule has 0 amide bonds. The van der Waals surface area contributed by atoms with E-state index in [1.165, 1.54) is 104 Å². The van der Waals surface area contributed by atoms with E-state index < -0.39 is 10.8 Å². The largest absolute Gasteiger partial charge is 0.310 e. The lowest BCUT2D eigenvalue weighted by Crippen LogP contribution is -2.29. The number of hydrogen-bond acceptors (Lipinski definition) is 1. The van der Waals surface area contributed by atoms with Crippen molar-refractivity contribution in [3.63, 3.8) is 0 Å². The molecule has 0 spiro atoms. The van der Waals surface area contributed by atoms with Crippen molar-refractivity contribution in [2.45, 2.75) is 41.9 Å². The Kier molecular flexibility index (Phi) is 8.18. The smallest absolute Gasteiger partial charge is 0.0714 e. The maximum Gasteiger partial charge on any atom is 0.0714 e. The molecule has 1 heteroatoms. The minimum Gasteiger partial charge on any atom is -0.310 e. The Labute approximate surface area is 388 Å². The maximum atomic E-state index is 2.70. The predicted octanol–water partition coefficient (Wildman–Crippen LogP) is 15.9. The lowest BCUT2D eigenvalue weighted by molar-refractivity contribution is 0.409. The molecule has 9 aromatic carbocycles. The summed E-state index contributed by atoms with van der Waals surface area (Å²) in [5.74, 6) is 1.52. The van der Waals surface area contributed by atoms with Gasteiger partial charge in [-0.3, -0.25) is 0 Å². The van der Waals surface area contributed by atoms with Crippen LogP contribution in [-0.4, -0.2) is 0 Å². The van der Waals surface area contributed by atoms with Gasteiger partial charge in [0.05, 0.1) is 10.8 Å². The van der Waals surface area contributed by atoms with Gasteiger partial charge in [0, 0.05) is 22.5 Å². The first-order valence-electron chi connectivity index (χ1n) is 24.0. The Morgan fingerprint density at radius 1 is 0.348 bits per heavy atom. The van der Waals surface area contributed by atoms with Crippen LogP contribution >= 0.6 is 0 Å². The van der Waals surface area contributed by atoms with Gasteiger partial charge in [-0.1, -0.05) is 206 Å². The van der Waals surface area contributed by atoms with E-state index in [-0.39, 0.29) is 5.41 Å². The Morgan fingerprint density at radius 3 is 1.26 bits per heavy atom. The van der Waals surface area contributed by atoms with Gasteiger partial charge in [-0.15, -0.1) is 0 Å². The molecule has 66 heavy (non-hydrogen) atoms. The van der Waals surface area contributed by atoms with E-state index in [1.807, 2.05) is 0 Å². The molecule has 4 bridgehead atoms. The van der Waals surface area contributed by atoms with Crippen LogP contribution < -0.4 is 4.90 Å². The van der Waals surface area contributed by atoms with E-state index in [0.717, 1.165) is 17.3 Å². The highest BCUT2D eigenvalue weighted by molar-refractivity contribution is 5.92. The number of fused-ring (bicyclic) bond motifs is 6. The molecular weight excluding hydrogens is 795 g/mol. The van der Waals surface area contributed by atoms with E-state index in [2.05, 4.69) is 241 Å². The predicted molar refractivity (Wildman–Crippen MR) is 271 cm³/mol. The molecule has 0 aliphatic heterocycles. The van der Waals surface area contributed by atoms with E-state index in [1.54, 1.807) is 5.57 Å². The SMILES string of the molecule is C1=C2CC3CC(C2)C1(c1cccc(N(c2ccc4c(c2)C(c2ccccc2)(c2ccccc2)c2ccccc2-4)c2ccc4c(c2)C(c2ccccc2)(c2ccccc2)c2ccccc2-4)c1)C3. The van der Waals surface area contributed by atoms with Gasteiger partial charge in [0.25, 0.3) is 0 Å². The lowest BCUT2D eigenvalue weighted by Gasteiger charge is -2.36. The lowest BCUT2D eigenvalue weighted by atomic mass is 9.67. The monoisotopic (exact) mass is 843 g/mol. The van der Waals surface area contributed by atoms with Crippen molar-refractivity contribution in [2.75, 3.05) is 4.90 Å². The summed E-state index contributed by atoms with van der Waals surface area (Å²) in [5, 5.41) is 0. The zero-order valence-electron chi connectivity index (χ0n) is 36.9. The van der Waals surface area contributed by atoms with Crippen LogP contribution in [0.3, 0.4) is 0 Å². The third-order valence-electron chi connectivity index (χ3n) is 16.5. The van der Waals surface area contributed by atoms with Crippen molar-refractivity contribution in [3.05, 3.63) is 292 Å². The second kappa shape index (κ2) is 14.3. The molecule has 15 rings (SSSR count). The molecule has 2 saturated carbocycles. The van der Waals surface area contributed by atoms with Crippen LogP contribution in [0.15, 0.2) is 242 Å². The number of anilines is 3. The Balaban J connectivity index is 1.04. The van der Waals surface area contributed by atoms with Crippen molar-refractivity contribution in [1.29, 1.82) is 0 Å². The van der Waals surface area contributed by atoms with Crippen molar-refractivity contribution in [2.24, 2.45) is 11.8 Å². The third kappa shape index (κ3) is 5.12. The molecule has 3 unspecified atom stereocenters. The Hall–Kier alpha value is -7.48. The molecule has 6 aliphatic carbocycles. The standard InChI is InChI=1S/C65H49N/c1-5-18-46(19-6-1)64(47-20-7-2-8-21-47)59-30-15-13-28-55(59)57-34-32-53(40-61(57)64)66(52-27-17-26-50(39-52)63-42-44-36-45(43-63)38-51(63)37-44)54-33-35-58-56-29-14-16-31-60(56)65(62(58)41-54,48-22-9-3-10-23-48)49-24-11-4-12-25-49/h1-35,39-42,45,51H,36-38,43H2. The fourth-order valence-corrected chi connectivity index (χ4v) is 14.2. The highest BCUT2D eigenvalue weighted by atomic mass is 15.1. The summed E-state index contributed by atoms with van der Waals surface area (Å²) >= 11 is 0. The molecule has 6 aliphatic rings. The molecule has 9 aromatic rings. The summed E-state index contributed by atoms with van der Waals surface area (Å²) < 4.78 is 0. The molecule has 1 nitrogen and oxygen atoms in total. The van der Waals surface area contributed by atoms with Gasteiger partial charge >= 0.3 is 0 Å². The van der Waals surface area contributed by atoms with Crippen LogP contribution in [0.25, 0.3) is 22.3 Å². The normalized spacial score (nSPS) is 20.6. The first-order valence-corrected chi connectivity index (χ1v) is 24.0. The van der Waals surface area contributed by atoms with E-state index in [9.17, 15) is 0 Å². The average Bonchev–Trinajstić information content (AvgIpc) is 4.03. The summed E-state index contributed by atoms with van der Waals surface area (Å²) in [6, 6.07) is 87.4. The topological polar surface area (TPSA) is 3.24 Å². The number of rotatable bonds is 8. The highest BCUT2D eigenvalue weighted by Gasteiger charge is 2.54. The second-order valence-corrected chi connectivity index (χ2v) is 19.7. The molecule has 0 N–H and O–H groups in total. The van der Waals surface area contributed by atoms with Gasteiger partial charge in [0.1, 0.15) is 0 Å². The quantitative estimate of drug-likeness (QED) is 0.138. The fourth-order valence-electron chi connectivity index (χ4n) is 14.2. The van der Waals surface area contributed by atoms with Crippen molar-refractivity contribution in [1.82, 2.24) is 0 Å². The minimum atomic E-state index is -0.513. The molecule has 0 saturated heterocycles. The van der Waals surface area contributed by atoms with Gasteiger partial charge in [-0.05, 0) is 146 Å². The van der Waals surface area contributed by atoms with Gasteiger partial charge in [0.15, 0.2) is 0 Å². The number of hydrogen-bond donors (Lipinski definition) is 0. The minimum absolute atomic E-state index is 0.130. The average molecular weight is 844 g/mol. The second-order valence-electron chi connectivity index (χ2n) is 19.7. The van der Waals surface area contributed by atoms with E-state index in [4.69, 9.17) is 0 Å². The van der Waals surface area contributed by atoms with Gasteiger partial charge in [-0.2, -0.15) is 0 Å². The first-order chi connectivity index (χ1) is 32.7. The van der Waals surface area contributed by atoms with Crippen molar-refractivity contribution < 1.29 is 0 Å². The van der Waals surface area contributed by atoms with Gasteiger partial charge in [-0.25, -0.2) is 0 Å². The number of nitrogens with zero attached hydrogens (tertiary/aromatic N) is 1. The zero-order valence-corrected chi connectivity index (χ0v) is 36.9. The summed E-state index contributed by atoms with van der Waals surface area (Å²) in [7, 11) is 0. The number of allylic oxidation sites excluding steroid dienone is 2. The van der Waals surface area contributed by atoms with Crippen molar-refractivity contribution >= 4 is 17.1 Å². The van der Waals surface area contributed by atoms with Crippen LogP contribution in [0.4, 0.5) is 17.1 Å². The van der Waals surface area contributed by atoms with Crippen LogP contribution in [0, 0.1) is 11.8 Å². The summed E-state index contributed by atoms with van der Waals surface area (Å²) in [6.45, 7) is 0. The highest BCUT2D eigenvalue weighted by Crippen LogP contribution is 2.64. The van der Waals surface area contributed by atoms with Gasteiger partial charge < -0.3 is 4.90 Å². The molecular formula is C65H49N.